The number of aliphatic hydroxyl groups is 1. The zero-order valence-electron chi connectivity index (χ0n) is 8.50. The van der Waals surface area contributed by atoms with Gasteiger partial charge in [0, 0.05) is 11.3 Å². The first-order chi connectivity index (χ1) is 6.13. The predicted octanol–water partition coefficient (Wildman–Crippen LogP) is 2.46. The third kappa shape index (κ3) is 3.08. The Morgan fingerprint density at radius 1 is 1.46 bits per heavy atom. The molecule has 0 aliphatic heterocycles. The van der Waals surface area contributed by atoms with Crippen molar-refractivity contribution in [3.8, 4) is 0 Å². The van der Waals surface area contributed by atoms with Crippen LogP contribution < -0.4 is 0 Å². The summed E-state index contributed by atoms with van der Waals surface area (Å²) in [5, 5.41) is 10.5. The maximum Gasteiger partial charge on any atom is 0.0931 e. The van der Waals surface area contributed by atoms with Crippen molar-refractivity contribution < 1.29 is 5.11 Å². The van der Waals surface area contributed by atoms with Gasteiger partial charge >= 0.3 is 0 Å². The van der Waals surface area contributed by atoms with Crippen molar-refractivity contribution in [2.45, 2.75) is 46.1 Å². The van der Waals surface area contributed by atoms with E-state index in [9.17, 15) is 5.11 Å². The van der Waals surface area contributed by atoms with Crippen LogP contribution in [0.5, 0.6) is 0 Å². The Morgan fingerprint density at radius 3 is 2.62 bits per heavy atom. The van der Waals surface area contributed by atoms with Gasteiger partial charge in [0.25, 0.3) is 0 Å². The van der Waals surface area contributed by atoms with Gasteiger partial charge in [-0.2, -0.15) is 0 Å². The van der Waals surface area contributed by atoms with Crippen LogP contribution in [-0.4, -0.2) is 16.2 Å². The Bertz CT molecular complexity index is 250. The van der Waals surface area contributed by atoms with Crippen LogP contribution in [0.1, 0.15) is 35.3 Å². The van der Waals surface area contributed by atoms with E-state index in [0.29, 0.717) is 0 Å². The highest BCUT2D eigenvalue weighted by Gasteiger charge is 2.06. The first-order valence-corrected chi connectivity index (χ1v) is 5.56. The smallest absolute Gasteiger partial charge is 0.0931 e. The molecule has 3 heteroatoms. The first-order valence-electron chi connectivity index (χ1n) is 4.74. The molecule has 0 aromatic carbocycles. The van der Waals surface area contributed by atoms with E-state index in [-0.39, 0.29) is 6.10 Å². The molecule has 0 aliphatic carbocycles. The Balaban J connectivity index is 2.45. The summed E-state index contributed by atoms with van der Waals surface area (Å²) in [6.07, 6.45) is 2.42. The summed E-state index contributed by atoms with van der Waals surface area (Å²) >= 11 is 1.74. The summed E-state index contributed by atoms with van der Waals surface area (Å²) < 4.78 is 0. The lowest BCUT2D eigenvalue weighted by atomic mass is 10.1. The van der Waals surface area contributed by atoms with Gasteiger partial charge in [0.1, 0.15) is 0 Å². The molecule has 0 saturated heterocycles. The number of nitrogens with zero attached hydrogens (tertiary/aromatic N) is 1. The minimum absolute atomic E-state index is 0.162. The second-order valence-corrected chi connectivity index (χ2v) is 4.64. The number of hydrogen-bond donors (Lipinski definition) is 1. The van der Waals surface area contributed by atoms with Crippen molar-refractivity contribution in [3.63, 3.8) is 0 Å². The molecule has 13 heavy (non-hydrogen) atoms. The molecular weight excluding hydrogens is 182 g/mol. The van der Waals surface area contributed by atoms with E-state index < -0.39 is 0 Å². The molecule has 0 saturated carbocycles. The zero-order valence-corrected chi connectivity index (χ0v) is 9.32. The van der Waals surface area contributed by atoms with Crippen LogP contribution in [-0.2, 0) is 6.42 Å². The van der Waals surface area contributed by atoms with Crippen LogP contribution in [0.4, 0.5) is 0 Å². The van der Waals surface area contributed by atoms with E-state index in [0.717, 1.165) is 30.0 Å². The third-order valence-corrected chi connectivity index (χ3v) is 3.37. The molecule has 0 radical (unpaired) electrons. The van der Waals surface area contributed by atoms with Crippen molar-refractivity contribution >= 4 is 11.3 Å². The van der Waals surface area contributed by atoms with Crippen LogP contribution in [0.25, 0.3) is 0 Å². The molecule has 0 fully saturated rings. The summed E-state index contributed by atoms with van der Waals surface area (Å²) in [6, 6.07) is 0. The Kier molecular flexibility index (Phi) is 3.88. The van der Waals surface area contributed by atoms with E-state index in [4.69, 9.17) is 0 Å². The van der Waals surface area contributed by atoms with Crippen molar-refractivity contribution in [1.29, 1.82) is 0 Å². The van der Waals surface area contributed by atoms with Crippen molar-refractivity contribution in [3.05, 3.63) is 15.6 Å². The monoisotopic (exact) mass is 199 g/mol. The fourth-order valence-electron chi connectivity index (χ4n) is 1.14. The van der Waals surface area contributed by atoms with Gasteiger partial charge in [0.15, 0.2) is 0 Å². The lowest BCUT2D eigenvalue weighted by molar-refractivity contribution is 0.160. The van der Waals surface area contributed by atoms with Crippen LogP contribution >= 0.6 is 11.3 Å². The van der Waals surface area contributed by atoms with Gasteiger partial charge in [0.05, 0.1) is 16.8 Å². The number of hydrogen-bond acceptors (Lipinski definition) is 3. The molecule has 1 N–H and O–H groups in total. The molecule has 1 aromatic rings. The van der Waals surface area contributed by atoms with E-state index in [1.54, 1.807) is 11.3 Å². The largest absolute Gasteiger partial charge is 0.393 e. The molecule has 0 bridgehead atoms. The maximum absolute atomic E-state index is 9.37. The molecular formula is C10H17NOS. The van der Waals surface area contributed by atoms with Crippen LogP contribution in [0.2, 0.25) is 0 Å². The number of aryl methyl sites for hydroxylation is 3. The average Bonchev–Trinajstić information content (AvgIpc) is 2.42. The average molecular weight is 199 g/mol. The molecule has 0 amide bonds. The number of aliphatic hydroxyl groups excluding tert-OH is 1. The molecule has 0 spiro atoms. The quantitative estimate of drug-likeness (QED) is 0.808. The van der Waals surface area contributed by atoms with Gasteiger partial charge in [-0.3, -0.25) is 0 Å². The fourth-order valence-corrected chi connectivity index (χ4v) is 2.09. The Hall–Kier alpha value is -0.410. The highest BCUT2D eigenvalue weighted by molar-refractivity contribution is 7.11. The summed E-state index contributed by atoms with van der Waals surface area (Å²) in [5.41, 5.74) is 1.13. The standard InChI is InChI=1S/C10H17NOS/c1-4-9(12)5-6-10-11-7(2)8(3)13-10/h9,12H,4-6H2,1-3H3. The van der Waals surface area contributed by atoms with Crippen molar-refractivity contribution in [2.75, 3.05) is 0 Å². The van der Waals surface area contributed by atoms with Gasteiger partial charge in [-0.05, 0) is 26.7 Å². The van der Waals surface area contributed by atoms with Gasteiger partial charge in [-0.25, -0.2) is 4.98 Å². The highest BCUT2D eigenvalue weighted by atomic mass is 32.1. The SMILES string of the molecule is CCC(O)CCc1nc(C)c(C)s1. The summed E-state index contributed by atoms with van der Waals surface area (Å²) in [6.45, 7) is 6.13. The first kappa shape index (κ1) is 10.7. The minimum Gasteiger partial charge on any atom is -0.393 e. The third-order valence-electron chi connectivity index (χ3n) is 2.24. The molecule has 1 unspecified atom stereocenters. The number of rotatable bonds is 4. The number of aromatic nitrogens is 1. The van der Waals surface area contributed by atoms with Crippen LogP contribution in [0.15, 0.2) is 0 Å². The molecule has 1 heterocycles. The van der Waals surface area contributed by atoms with Crippen LogP contribution in [0.3, 0.4) is 0 Å². The summed E-state index contributed by atoms with van der Waals surface area (Å²) in [7, 11) is 0. The van der Waals surface area contributed by atoms with Crippen molar-refractivity contribution in [2.24, 2.45) is 0 Å². The lowest BCUT2D eigenvalue weighted by Gasteiger charge is -2.04. The van der Waals surface area contributed by atoms with E-state index in [1.807, 2.05) is 13.8 Å². The minimum atomic E-state index is -0.162. The second-order valence-electron chi connectivity index (χ2n) is 3.35. The zero-order chi connectivity index (χ0) is 9.84. The fraction of sp³-hybridized carbons (Fsp3) is 0.700. The molecule has 74 valence electrons. The molecule has 2 nitrogen and oxygen atoms in total. The van der Waals surface area contributed by atoms with Gasteiger partial charge in [0.2, 0.25) is 0 Å². The van der Waals surface area contributed by atoms with Crippen LogP contribution in [0, 0.1) is 13.8 Å². The summed E-state index contributed by atoms with van der Waals surface area (Å²) in [5.74, 6) is 0. The summed E-state index contributed by atoms with van der Waals surface area (Å²) in [4.78, 5) is 5.72. The van der Waals surface area contributed by atoms with Gasteiger partial charge in [-0.15, -0.1) is 11.3 Å². The topological polar surface area (TPSA) is 33.1 Å². The maximum atomic E-state index is 9.37. The molecule has 0 aliphatic rings. The predicted molar refractivity (Wildman–Crippen MR) is 56.2 cm³/mol. The number of thiazole rings is 1. The molecule has 1 rings (SSSR count). The Morgan fingerprint density at radius 2 is 2.15 bits per heavy atom. The van der Waals surface area contributed by atoms with E-state index >= 15 is 0 Å². The lowest BCUT2D eigenvalue weighted by Crippen LogP contribution is -2.05. The Labute approximate surface area is 83.6 Å². The molecule has 1 atom stereocenters. The van der Waals surface area contributed by atoms with Crippen molar-refractivity contribution in [1.82, 2.24) is 4.98 Å². The van der Waals surface area contributed by atoms with Gasteiger partial charge < -0.3 is 5.11 Å². The normalized spacial score (nSPS) is 13.2. The van der Waals surface area contributed by atoms with E-state index in [2.05, 4.69) is 11.9 Å². The molecule has 1 aromatic heterocycles. The van der Waals surface area contributed by atoms with E-state index in [1.165, 1.54) is 4.88 Å². The highest BCUT2D eigenvalue weighted by Crippen LogP contribution is 2.18. The second kappa shape index (κ2) is 4.72. The van der Waals surface area contributed by atoms with Gasteiger partial charge in [-0.1, -0.05) is 6.92 Å².